The van der Waals surface area contributed by atoms with Crippen LogP contribution in [0, 0.1) is 11.3 Å². The van der Waals surface area contributed by atoms with Gasteiger partial charge in [0.05, 0.1) is 0 Å². The van der Waals surface area contributed by atoms with Gasteiger partial charge in [-0.3, -0.25) is 0 Å². The fourth-order valence-electron chi connectivity index (χ4n) is 1.50. The van der Waals surface area contributed by atoms with Crippen LogP contribution in [0.15, 0.2) is 24.3 Å². The molecule has 2 aromatic rings. The van der Waals surface area contributed by atoms with Gasteiger partial charge in [0, 0.05) is 12.1 Å². The van der Waals surface area contributed by atoms with Gasteiger partial charge in [0.2, 0.25) is 0 Å². The van der Waals surface area contributed by atoms with Crippen LogP contribution in [0.5, 0.6) is 5.88 Å². The zero-order valence-corrected chi connectivity index (χ0v) is 10.5. The Bertz CT molecular complexity index is 615. The molecule has 2 N–H and O–H groups in total. The maximum absolute atomic E-state index is 8.97. The molecule has 0 aliphatic rings. The van der Waals surface area contributed by atoms with E-state index in [1.54, 1.807) is 19.2 Å². The van der Waals surface area contributed by atoms with E-state index >= 15 is 0 Å². The molecule has 2 rings (SSSR count). The monoisotopic (exact) mass is 262 g/mol. The Morgan fingerprint density at radius 3 is 3.00 bits per heavy atom. The van der Waals surface area contributed by atoms with Gasteiger partial charge in [0.25, 0.3) is 5.88 Å². The van der Waals surface area contributed by atoms with E-state index in [1.807, 2.05) is 18.2 Å². The topological polar surface area (TPSA) is 76.9 Å². The molecule has 0 saturated carbocycles. The third kappa shape index (κ3) is 2.39. The summed E-state index contributed by atoms with van der Waals surface area (Å²) < 4.78 is 6.89. The van der Waals surface area contributed by atoms with Crippen molar-refractivity contribution in [2.24, 2.45) is 7.05 Å². The van der Waals surface area contributed by atoms with Crippen LogP contribution in [0.3, 0.4) is 0 Å². The molecule has 18 heavy (non-hydrogen) atoms. The lowest BCUT2D eigenvalue weighted by Crippen LogP contribution is -1.98. The molecule has 0 bridgehead atoms. The minimum atomic E-state index is 0.234. The average Bonchev–Trinajstić information content (AvgIpc) is 2.62. The Morgan fingerprint density at radius 2 is 2.33 bits per heavy atom. The number of ether oxygens (including phenoxy) is 1. The van der Waals surface area contributed by atoms with Crippen molar-refractivity contribution in [3.8, 4) is 11.9 Å². The number of hydrogen-bond acceptors (Lipinski definition) is 4. The Morgan fingerprint density at radius 1 is 1.56 bits per heavy atom. The normalized spacial score (nSPS) is 10.1. The van der Waals surface area contributed by atoms with Crippen molar-refractivity contribution in [1.29, 1.82) is 5.26 Å². The molecule has 0 atom stereocenters. The molecule has 1 aromatic heterocycles. The second-order valence-corrected chi connectivity index (χ2v) is 4.16. The maximum Gasteiger partial charge on any atom is 0.253 e. The molecule has 5 nitrogen and oxygen atoms in total. The van der Waals surface area contributed by atoms with E-state index < -0.39 is 0 Å². The zero-order valence-electron chi connectivity index (χ0n) is 9.72. The van der Waals surface area contributed by atoms with Crippen molar-refractivity contribution in [2.75, 3.05) is 5.73 Å². The second-order valence-electron chi connectivity index (χ2n) is 3.72. The van der Waals surface area contributed by atoms with E-state index in [-0.39, 0.29) is 18.1 Å². The SMILES string of the molecule is Cn1nc(OCc2cccc(Cl)c2)c(C#N)c1N. The van der Waals surface area contributed by atoms with Crippen molar-refractivity contribution in [3.05, 3.63) is 40.4 Å². The smallest absolute Gasteiger partial charge is 0.253 e. The number of hydrogen-bond donors (Lipinski definition) is 1. The Kier molecular flexibility index (Phi) is 3.40. The van der Waals surface area contributed by atoms with Crippen LogP contribution in [0.1, 0.15) is 11.1 Å². The van der Waals surface area contributed by atoms with E-state index in [4.69, 9.17) is 27.3 Å². The van der Waals surface area contributed by atoms with Crippen molar-refractivity contribution < 1.29 is 4.74 Å². The highest BCUT2D eigenvalue weighted by atomic mass is 35.5. The molecule has 0 aliphatic heterocycles. The van der Waals surface area contributed by atoms with Gasteiger partial charge in [-0.1, -0.05) is 23.7 Å². The molecule has 0 aliphatic carbocycles. The lowest BCUT2D eigenvalue weighted by molar-refractivity contribution is 0.290. The molecule has 0 fully saturated rings. The van der Waals surface area contributed by atoms with Crippen LogP contribution < -0.4 is 10.5 Å². The minimum absolute atomic E-state index is 0.234. The fraction of sp³-hybridized carbons (Fsp3) is 0.167. The number of nitrogen functional groups attached to an aromatic ring is 1. The van der Waals surface area contributed by atoms with Gasteiger partial charge >= 0.3 is 0 Å². The molecule has 0 unspecified atom stereocenters. The Balaban J connectivity index is 2.16. The van der Waals surface area contributed by atoms with Crippen LogP contribution in [0.25, 0.3) is 0 Å². The summed E-state index contributed by atoms with van der Waals surface area (Å²) in [6.45, 7) is 0.283. The second kappa shape index (κ2) is 4.98. The molecule has 0 saturated heterocycles. The van der Waals surface area contributed by atoms with Crippen molar-refractivity contribution in [2.45, 2.75) is 6.61 Å². The van der Waals surface area contributed by atoms with Gasteiger partial charge in [-0.05, 0) is 17.7 Å². The molecular weight excluding hydrogens is 252 g/mol. The highest BCUT2D eigenvalue weighted by molar-refractivity contribution is 6.30. The summed E-state index contributed by atoms with van der Waals surface area (Å²) in [5.41, 5.74) is 6.83. The molecule has 92 valence electrons. The molecule has 0 amide bonds. The number of aromatic nitrogens is 2. The summed E-state index contributed by atoms with van der Waals surface area (Å²) in [6.07, 6.45) is 0. The third-order valence-corrected chi connectivity index (χ3v) is 2.67. The Labute approximate surface area is 109 Å². The number of halogens is 1. The zero-order chi connectivity index (χ0) is 13.1. The summed E-state index contributed by atoms with van der Waals surface area (Å²) in [5.74, 6) is 0.524. The number of rotatable bonds is 3. The first-order chi connectivity index (χ1) is 8.61. The number of nitriles is 1. The van der Waals surface area contributed by atoms with Gasteiger partial charge in [-0.25, -0.2) is 4.68 Å². The number of aryl methyl sites for hydroxylation is 1. The maximum atomic E-state index is 8.97. The highest BCUT2D eigenvalue weighted by Crippen LogP contribution is 2.23. The van der Waals surface area contributed by atoms with Crippen LogP contribution in [-0.4, -0.2) is 9.78 Å². The molecular formula is C12H11ClN4O. The molecule has 0 radical (unpaired) electrons. The van der Waals surface area contributed by atoms with E-state index in [1.165, 1.54) is 4.68 Å². The van der Waals surface area contributed by atoms with Crippen LogP contribution in [0.2, 0.25) is 5.02 Å². The van der Waals surface area contributed by atoms with E-state index in [0.29, 0.717) is 10.8 Å². The summed E-state index contributed by atoms with van der Waals surface area (Å²) in [5, 5.41) is 13.6. The van der Waals surface area contributed by atoms with Crippen molar-refractivity contribution in [1.82, 2.24) is 9.78 Å². The largest absolute Gasteiger partial charge is 0.471 e. The standard InChI is InChI=1S/C12H11ClN4O/c1-17-11(15)10(6-14)12(16-17)18-7-8-3-2-4-9(13)5-8/h2-5H,7,15H2,1H3. The average molecular weight is 263 g/mol. The number of nitrogens with two attached hydrogens (primary N) is 1. The van der Waals surface area contributed by atoms with Crippen LogP contribution in [0.4, 0.5) is 5.82 Å². The summed E-state index contributed by atoms with van der Waals surface area (Å²) >= 11 is 5.87. The minimum Gasteiger partial charge on any atom is -0.471 e. The molecule has 1 aromatic carbocycles. The van der Waals surface area contributed by atoms with Gasteiger partial charge in [0.1, 0.15) is 18.5 Å². The predicted octanol–water partition coefficient (Wildman–Crippen LogP) is 2.11. The molecule has 0 spiro atoms. The molecule has 1 heterocycles. The van der Waals surface area contributed by atoms with Gasteiger partial charge in [-0.15, -0.1) is 5.10 Å². The Hall–Kier alpha value is -2.19. The third-order valence-electron chi connectivity index (χ3n) is 2.44. The predicted molar refractivity (Wildman–Crippen MR) is 68.1 cm³/mol. The quantitative estimate of drug-likeness (QED) is 0.919. The van der Waals surface area contributed by atoms with Gasteiger partial charge < -0.3 is 10.5 Å². The van der Waals surface area contributed by atoms with E-state index in [9.17, 15) is 0 Å². The fourth-order valence-corrected chi connectivity index (χ4v) is 1.71. The lowest BCUT2D eigenvalue weighted by atomic mass is 10.2. The van der Waals surface area contributed by atoms with E-state index in [2.05, 4.69) is 5.10 Å². The summed E-state index contributed by atoms with van der Waals surface area (Å²) in [4.78, 5) is 0. The first-order valence-electron chi connectivity index (χ1n) is 5.21. The number of nitrogens with zero attached hydrogens (tertiary/aromatic N) is 3. The number of benzene rings is 1. The highest BCUT2D eigenvalue weighted by Gasteiger charge is 2.14. The van der Waals surface area contributed by atoms with Crippen molar-refractivity contribution in [3.63, 3.8) is 0 Å². The van der Waals surface area contributed by atoms with Crippen molar-refractivity contribution >= 4 is 17.4 Å². The van der Waals surface area contributed by atoms with Crippen LogP contribution in [-0.2, 0) is 13.7 Å². The lowest BCUT2D eigenvalue weighted by Gasteiger charge is -2.03. The van der Waals surface area contributed by atoms with E-state index in [0.717, 1.165) is 5.56 Å². The van der Waals surface area contributed by atoms with Crippen LogP contribution >= 0.6 is 11.6 Å². The summed E-state index contributed by atoms with van der Waals surface area (Å²) in [6, 6.07) is 9.26. The summed E-state index contributed by atoms with van der Waals surface area (Å²) in [7, 11) is 1.66. The first kappa shape index (κ1) is 12.3. The van der Waals surface area contributed by atoms with Gasteiger partial charge in [0.15, 0.2) is 5.56 Å². The van der Waals surface area contributed by atoms with Gasteiger partial charge in [-0.2, -0.15) is 5.26 Å². The number of anilines is 1. The first-order valence-corrected chi connectivity index (χ1v) is 5.59. The molecule has 6 heteroatoms.